The zero-order chi connectivity index (χ0) is 5.86. The Labute approximate surface area is 44.0 Å². The summed E-state index contributed by atoms with van der Waals surface area (Å²) in [5.41, 5.74) is 5.08. The van der Waals surface area contributed by atoms with Crippen molar-refractivity contribution < 1.29 is 4.74 Å². The van der Waals surface area contributed by atoms with Crippen LogP contribution in [0.1, 0.15) is 13.8 Å². The minimum atomic E-state index is 0.150. The molecule has 0 unspecified atom stereocenters. The first-order chi connectivity index (χ1) is 3.13. The number of ether oxygens (including phenoxy) is 1. The molecule has 0 aromatic heterocycles. The Morgan fingerprint density at radius 2 is 2.14 bits per heavy atom. The maximum atomic E-state index is 5.08. The first-order valence-corrected chi connectivity index (χ1v) is 2.24. The molecule has 0 fully saturated rings. The van der Waals surface area contributed by atoms with Crippen LogP contribution in [0.5, 0.6) is 0 Å². The summed E-state index contributed by atoms with van der Waals surface area (Å²) in [6, 6.07) is 0. The van der Waals surface area contributed by atoms with Gasteiger partial charge in [-0.25, -0.2) is 0 Å². The third-order valence-corrected chi connectivity index (χ3v) is 0.387. The summed E-state index contributed by atoms with van der Waals surface area (Å²) in [6.45, 7) is 7.15. The Balaban J connectivity index is 3.13. The number of hydrogen-bond acceptors (Lipinski definition) is 2. The Bertz CT molecular complexity index is 68.5. The lowest BCUT2D eigenvalue weighted by molar-refractivity contribution is 0.146. The van der Waals surface area contributed by atoms with E-state index < -0.39 is 0 Å². The van der Waals surface area contributed by atoms with Gasteiger partial charge in [-0.2, -0.15) is 0 Å². The second-order valence-corrected chi connectivity index (χ2v) is 1.63. The Hall–Kier alpha value is -0.660. The van der Waals surface area contributed by atoms with E-state index in [0.29, 0.717) is 0 Å². The predicted octanol–water partition coefficient (Wildman–Crippen LogP) is 0.841. The van der Waals surface area contributed by atoms with Gasteiger partial charge >= 0.3 is 0 Å². The molecular formula is C5H11NO. The largest absolute Gasteiger partial charge is 0.477 e. The van der Waals surface area contributed by atoms with Crippen molar-refractivity contribution in [3.05, 3.63) is 12.5 Å². The van der Waals surface area contributed by atoms with Crippen molar-refractivity contribution in [2.45, 2.75) is 20.0 Å². The van der Waals surface area contributed by atoms with Gasteiger partial charge in [0.15, 0.2) is 5.88 Å². The number of rotatable bonds is 2. The molecule has 0 atom stereocenters. The van der Waals surface area contributed by atoms with Crippen LogP contribution in [0, 0.1) is 0 Å². The molecule has 0 aliphatic rings. The van der Waals surface area contributed by atoms with Gasteiger partial charge in [-0.1, -0.05) is 0 Å². The van der Waals surface area contributed by atoms with Crippen molar-refractivity contribution in [3.8, 4) is 0 Å². The van der Waals surface area contributed by atoms with Gasteiger partial charge in [-0.15, -0.1) is 0 Å². The number of hydrogen-bond donors (Lipinski definition) is 1. The Morgan fingerprint density at radius 3 is 2.14 bits per heavy atom. The van der Waals surface area contributed by atoms with Gasteiger partial charge in [0.25, 0.3) is 0 Å². The first kappa shape index (κ1) is 6.34. The van der Waals surface area contributed by atoms with E-state index in [4.69, 9.17) is 10.5 Å². The highest BCUT2D eigenvalue weighted by Gasteiger charge is 1.88. The fourth-order valence-corrected chi connectivity index (χ4v) is 0.303. The molecule has 0 spiro atoms. The highest BCUT2D eigenvalue weighted by Crippen LogP contribution is 1.89. The quantitative estimate of drug-likeness (QED) is 0.523. The van der Waals surface area contributed by atoms with Crippen LogP contribution < -0.4 is 5.73 Å². The monoisotopic (exact) mass is 101 g/mol. The Kier molecular flexibility index (Phi) is 2.27. The summed E-state index contributed by atoms with van der Waals surface area (Å²) in [5.74, 6) is 0.287. The third-order valence-electron chi connectivity index (χ3n) is 0.387. The second-order valence-electron chi connectivity index (χ2n) is 1.63. The lowest BCUT2D eigenvalue weighted by Crippen LogP contribution is -2.07. The van der Waals surface area contributed by atoms with Crippen LogP contribution in [0.4, 0.5) is 0 Å². The molecular weight excluding hydrogens is 90.1 g/mol. The first-order valence-electron chi connectivity index (χ1n) is 2.24. The second kappa shape index (κ2) is 2.50. The normalized spacial score (nSPS) is 9.00. The molecule has 0 saturated carbocycles. The van der Waals surface area contributed by atoms with Crippen molar-refractivity contribution in [2.75, 3.05) is 0 Å². The van der Waals surface area contributed by atoms with E-state index in [1.807, 2.05) is 13.8 Å². The van der Waals surface area contributed by atoms with Crippen LogP contribution >= 0.6 is 0 Å². The van der Waals surface area contributed by atoms with Gasteiger partial charge in [-0.05, 0) is 20.4 Å². The fourth-order valence-electron chi connectivity index (χ4n) is 0.303. The summed E-state index contributed by atoms with van der Waals surface area (Å²) >= 11 is 0. The van der Waals surface area contributed by atoms with Crippen LogP contribution in [0.3, 0.4) is 0 Å². The van der Waals surface area contributed by atoms with Crippen LogP contribution in [-0.2, 0) is 4.74 Å². The fraction of sp³-hybridized carbons (Fsp3) is 0.600. The molecule has 0 aliphatic heterocycles. The van der Waals surface area contributed by atoms with E-state index >= 15 is 0 Å². The van der Waals surface area contributed by atoms with Crippen molar-refractivity contribution in [3.63, 3.8) is 0 Å². The van der Waals surface area contributed by atoms with Crippen LogP contribution in [0.25, 0.3) is 0 Å². The number of nitrogens with two attached hydrogens (primary N) is 1. The van der Waals surface area contributed by atoms with Gasteiger partial charge in [-0.3, -0.25) is 0 Å². The van der Waals surface area contributed by atoms with Gasteiger partial charge in [0.2, 0.25) is 0 Å². The summed E-state index contributed by atoms with van der Waals surface area (Å²) in [4.78, 5) is 0. The SMILES string of the molecule is C=C(N)OC(C)C. The van der Waals surface area contributed by atoms with Crippen molar-refractivity contribution in [1.29, 1.82) is 0 Å². The average Bonchev–Trinajstić information content (AvgIpc) is 1.27. The van der Waals surface area contributed by atoms with E-state index in [-0.39, 0.29) is 12.0 Å². The smallest absolute Gasteiger partial charge is 0.176 e. The molecule has 0 saturated heterocycles. The van der Waals surface area contributed by atoms with Crippen LogP contribution in [-0.4, -0.2) is 6.10 Å². The minimum absolute atomic E-state index is 0.150. The minimum Gasteiger partial charge on any atom is -0.477 e. The highest BCUT2D eigenvalue weighted by molar-refractivity contribution is 4.71. The lowest BCUT2D eigenvalue weighted by Gasteiger charge is -2.05. The lowest BCUT2D eigenvalue weighted by atomic mass is 10.5. The van der Waals surface area contributed by atoms with Crippen molar-refractivity contribution >= 4 is 0 Å². The molecule has 42 valence electrons. The molecule has 0 aliphatic carbocycles. The summed E-state index contributed by atoms with van der Waals surface area (Å²) < 4.78 is 4.83. The third kappa shape index (κ3) is 5.34. The molecule has 2 nitrogen and oxygen atoms in total. The van der Waals surface area contributed by atoms with Crippen LogP contribution in [0.15, 0.2) is 12.5 Å². The predicted molar refractivity (Wildman–Crippen MR) is 29.5 cm³/mol. The van der Waals surface area contributed by atoms with Gasteiger partial charge in [0.05, 0.1) is 6.10 Å². The van der Waals surface area contributed by atoms with E-state index in [1.54, 1.807) is 0 Å². The van der Waals surface area contributed by atoms with Gasteiger partial charge in [0.1, 0.15) is 0 Å². The zero-order valence-corrected chi connectivity index (χ0v) is 4.77. The van der Waals surface area contributed by atoms with Crippen molar-refractivity contribution in [1.82, 2.24) is 0 Å². The maximum Gasteiger partial charge on any atom is 0.176 e. The van der Waals surface area contributed by atoms with Gasteiger partial charge in [0, 0.05) is 0 Å². The molecule has 0 radical (unpaired) electrons. The molecule has 7 heavy (non-hydrogen) atoms. The topological polar surface area (TPSA) is 35.2 Å². The average molecular weight is 101 g/mol. The Morgan fingerprint density at radius 1 is 1.71 bits per heavy atom. The molecule has 2 heteroatoms. The standard InChI is InChI=1S/C5H11NO/c1-4(2)7-5(3)6/h4H,3,6H2,1-2H3. The van der Waals surface area contributed by atoms with E-state index in [2.05, 4.69) is 6.58 Å². The molecule has 0 heterocycles. The highest BCUT2D eigenvalue weighted by atomic mass is 16.5. The van der Waals surface area contributed by atoms with Gasteiger partial charge < -0.3 is 10.5 Å². The maximum absolute atomic E-state index is 5.08. The molecule has 2 N–H and O–H groups in total. The molecule has 0 aromatic carbocycles. The van der Waals surface area contributed by atoms with Crippen molar-refractivity contribution in [2.24, 2.45) is 5.73 Å². The summed E-state index contributed by atoms with van der Waals surface area (Å²) in [5, 5.41) is 0. The zero-order valence-electron chi connectivity index (χ0n) is 4.77. The van der Waals surface area contributed by atoms with E-state index in [1.165, 1.54) is 0 Å². The van der Waals surface area contributed by atoms with Crippen LogP contribution in [0.2, 0.25) is 0 Å². The van der Waals surface area contributed by atoms with E-state index in [0.717, 1.165) is 0 Å². The molecule has 0 bridgehead atoms. The summed E-state index contributed by atoms with van der Waals surface area (Å²) in [7, 11) is 0. The molecule has 0 rings (SSSR count). The molecule has 0 amide bonds. The summed E-state index contributed by atoms with van der Waals surface area (Å²) in [6.07, 6.45) is 0.150. The van der Waals surface area contributed by atoms with E-state index in [9.17, 15) is 0 Å². The molecule has 0 aromatic rings.